The number of thioether (sulfide) groups is 1. The molecule has 0 aliphatic carbocycles. The van der Waals surface area contributed by atoms with Crippen LogP contribution in [0.1, 0.15) is 18.9 Å². The molecule has 1 N–H and O–H groups in total. The number of hydrogen-bond acceptors (Lipinski definition) is 3. The second kappa shape index (κ2) is 10.7. The number of nitrogens with one attached hydrogen (secondary N) is 1. The highest BCUT2D eigenvalue weighted by Gasteiger charge is 2.27. The average Bonchev–Trinajstić information content (AvgIpc) is 2.70. The molecule has 1 atom stereocenters. The normalized spacial score (nSPS) is 11.6. The van der Waals surface area contributed by atoms with Crippen molar-refractivity contribution in [1.82, 2.24) is 10.2 Å². The molecule has 0 bridgehead atoms. The van der Waals surface area contributed by atoms with Crippen LogP contribution in [0.3, 0.4) is 0 Å². The number of nitrogens with zero attached hydrogens (tertiary/aromatic N) is 1. The predicted octanol–water partition coefficient (Wildman–Crippen LogP) is 3.37. The molecule has 4 nitrogen and oxygen atoms in total. The van der Waals surface area contributed by atoms with E-state index in [4.69, 9.17) is 0 Å². The topological polar surface area (TPSA) is 49.4 Å². The smallest absolute Gasteiger partial charge is 0.242 e. The highest BCUT2D eigenvalue weighted by atomic mass is 32.2. The Morgan fingerprint density at radius 3 is 2.23 bits per heavy atom. The Hall–Kier alpha value is -2.27. The summed E-state index contributed by atoms with van der Waals surface area (Å²) in [6, 6.07) is 19.4. The fraction of sp³-hybridized carbons (Fsp3) is 0.333. The molecule has 2 amide bonds. The van der Waals surface area contributed by atoms with Crippen LogP contribution in [-0.4, -0.2) is 42.1 Å². The zero-order chi connectivity index (χ0) is 18.8. The maximum atomic E-state index is 12.9. The fourth-order valence-electron chi connectivity index (χ4n) is 2.81. The lowest BCUT2D eigenvalue weighted by molar-refractivity contribution is -0.138. The number of carbonyl (C=O) groups excluding carboxylic acids is 2. The molecule has 0 fully saturated rings. The van der Waals surface area contributed by atoms with Crippen LogP contribution < -0.4 is 5.32 Å². The second-order valence-electron chi connectivity index (χ2n) is 5.96. The third kappa shape index (κ3) is 5.92. The minimum atomic E-state index is -0.437. The van der Waals surface area contributed by atoms with Gasteiger partial charge in [-0.25, -0.2) is 0 Å². The van der Waals surface area contributed by atoms with E-state index in [2.05, 4.69) is 5.32 Å². The van der Waals surface area contributed by atoms with Crippen molar-refractivity contribution in [2.45, 2.75) is 30.7 Å². The molecule has 0 saturated carbocycles. The monoisotopic (exact) mass is 370 g/mol. The molecule has 0 spiro atoms. The Kier molecular flexibility index (Phi) is 8.22. The van der Waals surface area contributed by atoms with Gasteiger partial charge in [0.2, 0.25) is 11.8 Å². The van der Waals surface area contributed by atoms with Gasteiger partial charge in [-0.1, -0.05) is 55.5 Å². The molecule has 1 unspecified atom stereocenters. The molecule has 0 aliphatic heterocycles. The van der Waals surface area contributed by atoms with Crippen molar-refractivity contribution in [3.05, 3.63) is 66.2 Å². The molecule has 0 aliphatic rings. The lowest BCUT2D eigenvalue weighted by Gasteiger charge is -2.30. The van der Waals surface area contributed by atoms with E-state index in [9.17, 15) is 9.59 Å². The summed E-state index contributed by atoms with van der Waals surface area (Å²) in [5.41, 5.74) is 1.16. The molecule has 0 radical (unpaired) electrons. The zero-order valence-electron chi connectivity index (χ0n) is 15.4. The van der Waals surface area contributed by atoms with Crippen LogP contribution in [0.15, 0.2) is 65.6 Å². The van der Waals surface area contributed by atoms with Crippen LogP contribution in [0.2, 0.25) is 0 Å². The summed E-state index contributed by atoms with van der Waals surface area (Å²) >= 11 is 1.50. The highest BCUT2D eigenvalue weighted by Crippen LogP contribution is 2.19. The summed E-state index contributed by atoms with van der Waals surface area (Å²) in [7, 11) is 1.61. The summed E-state index contributed by atoms with van der Waals surface area (Å²) in [5, 5.41) is 2.68. The van der Waals surface area contributed by atoms with Crippen molar-refractivity contribution in [3.63, 3.8) is 0 Å². The standard InChI is InChI=1S/C21H26N2O2S/c1-3-19(21(25)22-2)23(15-14-17-10-6-4-7-11-17)20(24)16-26-18-12-8-5-9-13-18/h4-13,19H,3,14-16H2,1-2H3,(H,22,25). The Morgan fingerprint density at radius 2 is 1.65 bits per heavy atom. The van der Waals surface area contributed by atoms with Crippen molar-refractivity contribution in [1.29, 1.82) is 0 Å². The SMILES string of the molecule is CCC(C(=O)NC)N(CCc1ccccc1)C(=O)CSc1ccccc1. The number of likely N-dealkylation sites (N-methyl/N-ethyl adjacent to an activating group) is 1. The fourth-order valence-corrected chi connectivity index (χ4v) is 3.61. The number of rotatable bonds is 9. The molecule has 0 aromatic heterocycles. The van der Waals surface area contributed by atoms with Crippen molar-refractivity contribution in [2.24, 2.45) is 0 Å². The minimum absolute atomic E-state index is 0.00904. The Morgan fingerprint density at radius 1 is 1.04 bits per heavy atom. The molecule has 5 heteroatoms. The van der Waals surface area contributed by atoms with Crippen LogP contribution in [0, 0.1) is 0 Å². The van der Waals surface area contributed by atoms with E-state index in [-0.39, 0.29) is 11.8 Å². The van der Waals surface area contributed by atoms with Gasteiger partial charge in [-0.2, -0.15) is 0 Å². The lowest BCUT2D eigenvalue weighted by Crippen LogP contribution is -2.50. The molecule has 2 rings (SSSR count). The van der Waals surface area contributed by atoms with Gasteiger partial charge in [0.25, 0.3) is 0 Å². The van der Waals surface area contributed by atoms with Gasteiger partial charge in [0.1, 0.15) is 6.04 Å². The Labute approximate surface area is 160 Å². The van der Waals surface area contributed by atoms with Gasteiger partial charge in [0.05, 0.1) is 5.75 Å². The first-order valence-corrected chi connectivity index (χ1v) is 9.87. The van der Waals surface area contributed by atoms with Crippen LogP contribution in [0.25, 0.3) is 0 Å². The van der Waals surface area contributed by atoms with Gasteiger partial charge in [-0.3, -0.25) is 9.59 Å². The van der Waals surface area contributed by atoms with Gasteiger partial charge in [-0.15, -0.1) is 11.8 Å². The van der Waals surface area contributed by atoms with Crippen molar-refractivity contribution >= 4 is 23.6 Å². The molecule has 2 aromatic carbocycles. The Balaban J connectivity index is 2.07. The first kappa shape index (κ1) is 20.0. The summed E-state index contributed by atoms with van der Waals surface area (Å²) in [4.78, 5) is 27.9. The minimum Gasteiger partial charge on any atom is -0.357 e. The van der Waals surface area contributed by atoms with E-state index in [1.54, 1.807) is 11.9 Å². The molecule has 0 saturated heterocycles. The quantitative estimate of drug-likeness (QED) is 0.689. The molecular weight excluding hydrogens is 344 g/mol. The lowest BCUT2D eigenvalue weighted by atomic mass is 10.1. The van der Waals surface area contributed by atoms with Gasteiger partial charge < -0.3 is 10.2 Å². The molecule has 26 heavy (non-hydrogen) atoms. The summed E-state index contributed by atoms with van der Waals surface area (Å²) < 4.78 is 0. The van der Waals surface area contributed by atoms with Crippen molar-refractivity contribution < 1.29 is 9.59 Å². The van der Waals surface area contributed by atoms with E-state index >= 15 is 0 Å². The van der Waals surface area contributed by atoms with Gasteiger partial charge in [-0.05, 0) is 30.5 Å². The summed E-state index contributed by atoms with van der Waals surface area (Å²) in [6.07, 6.45) is 1.33. The van der Waals surface area contributed by atoms with E-state index < -0.39 is 6.04 Å². The van der Waals surface area contributed by atoms with E-state index in [0.717, 1.165) is 16.9 Å². The third-order valence-corrected chi connectivity index (χ3v) is 5.22. The number of hydrogen-bond donors (Lipinski definition) is 1. The Bertz CT molecular complexity index is 692. The zero-order valence-corrected chi connectivity index (χ0v) is 16.2. The largest absolute Gasteiger partial charge is 0.357 e. The maximum absolute atomic E-state index is 12.9. The maximum Gasteiger partial charge on any atom is 0.242 e. The summed E-state index contributed by atoms with van der Waals surface area (Å²) in [6.45, 7) is 2.47. The highest BCUT2D eigenvalue weighted by molar-refractivity contribution is 8.00. The number of carbonyl (C=O) groups is 2. The van der Waals surface area contributed by atoms with Crippen molar-refractivity contribution in [2.75, 3.05) is 19.3 Å². The molecule has 2 aromatic rings. The van der Waals surface area contributed by atoms with Gasteiger partial charge in [0, 0.05) is 18.5 Å². The molecular formula is C21H26N2O2S. The molecule has 138 valence electrons. The average molecular weight is 371 g/mol. The van der Waals surface area contributed by atoms with E-state index in [1.165, 1.54) is 11.8 Å². The third-order valence-electron chi connectivity index (χ3n) is 4.22. The number of benzene rings is 2. The van der Waals surface area contributed by atoms with E-state index in [0.29, 0.717) is 18.7 Å². The van der Waals surface area contributed by atoms with Gasteiger partial charge in [0.15, 0.2) is 0 Å². The molecule has 0 heterocycles. The first-order valence-electron chi connectivity index (χ1n) is 8.88. The predicted molar refractivity (Wildman–Crippen MR) is 107 cm³/mol. The second-order valence-corrected chi connectivity index (χ2v) is 7.01. The van der Waals surface area contributed by atoms with Crippen molar-refractivity contribution in [3.8, 4) is 0 Å². The van der Waals surface area contributed by atoms with Crippen LogP contribution >= 0.6 is 11.8 Å². The van der Waals surface area contributed by atoms with Crippen LogP contribution in [0.4, 0.5) is 0 Å². The number of amides is 2. The van der Waals surface area contributed by atoms with Crippen LogP contribution in [0.5, 0.6) is 0 Å². The van der Waals surface area contributed by atoms with Gasteiger partial charge >= 0.3 is 0 Å². The first-order chi connectivity index (χ1) is 12.7. The van der Waals surface area contributed by atoms with Crippen LogP contribution in [-0.2, 0) is 16.0 Å². The summed E-state index contributed by atoms with van der Waals surface area (Å²) in [5.74, 6) is 0.204. The van der Waals surface area contributed by atoms with E-state index in [1.807, 2.05) is 67.6 Å².